The minimum atomic E-state index is -1.03. The van der Waals surface area contributed by atoms with Gasteiger partial charge in [-0.25, -0.2) is 4.84 Å². The van der Waals surface area contributed by atoms with Crippen LogP contribution in [0.3, 0.4) is 0 Å². The van der Waals surface area contributed by atoms with Crippen molar-refractivity contribution in [1.29, 1.82) is 0 Å². The first kappa shape index (κ1) is 17.1. The van der Waals surface area contributed by atoms with Crippen molar-refractivity contribution in [3.05, 3.63) is 12.2 Å². The Morgan fingerprint density at radius 3 is 2.39 bits per heavy atom. The Hall–Kier alpha value is -2.26. The Morgan fingerprint density at radius 2 is 1.83 bits per heavy atom. The molecule has 2 heterocycles. The smallest absolute Gasteiger partial charge is 0.303 e. The van der Waals surface area contributed by atoms with Crippen LogP contribution in [0.1, 0.15) is 26.7 Å². The molecule has 0 N–H and O–H groups in total. The number of ether oxygens (including phenoxy) is 3. The molecule has 0 bridgehead atoms. The summed E-state index contributed by atoms with van der Waals surface area (Å²) in [4.78, 5) is 50.3. The van der Waals surface area contributed by atoms with Crippen LogP contribution in [0.15, 0.2) is 12.2 Å². The summed E-state index contributed by atoms with van der Waals surface area (Å²) in [5.41, 5.74) is 0. The van der Waals surface area contributed by atoms with Gasteiger partial charge in [0.1, 0.15) is 18.8 Å². The van der Waals surface area contributed by atoms with Crippen molar-refractivity contribution in [1.82, 2.24) is 5.06 Å². The maximum atomic E-state index is 11.5. The molecule has 2 aliphatic rings. The average Bonchev–Trinajstić information content (AvgIpc) is 2.78. The molecule has 9 heteroatoms. The highest BCUT2D eigenvalue weighted by molar-refractivity contribution is 6.00. The van der Waals surface area contributed by atoms with Crippen LogP contribution in [0.25, 0.3) is 0 Å². The summed E-state index contributed by atoms with van der Waals surface area (Å²) in [5, 5.41) is 0.657. The van der Waals surface area contributed by atoms with Crippen molar-refractivity contribution in [3.8, 4) is 0 Å². The lowest BCUT2D eigenvalue weighted by atomic mass is 10.1. The number of hydrogen-bond acceptors (Lipinski definition) is 8. The van der Waals surface area contributed by atoms with E-state index in [1.807, 2.05) is 0 Å². The molecule has 1 saturated heterocycles. The van der Waals surface area contributed by atoms with E-state index in [1.165, 1.54) is 26.0 Å². The number of hydrogen-bond donors (Lipinski definition) is 0. The summed E-state index contributed by atoms with van der Waals surface area (Å²) in [5.74, 6) is -1.95. The van der Waals surface area contributed by atoms with E-state index < -0.39 is 42.3 Å². The molecule has 0 aromatic carbocycles. The van der Waals surface area contributed by atoms with Crippen LogP contribution in [-0.4, -0.2) is 53.9 Å². The number of nitrogens with zero attached hydrogens (tertiary/aromatic N) is 1. The molecule has 3 atom stereocenters. The lowest BCUT2D eigenvalue weighted by Gasteiger charge is -2.32. The number of rotatable bonds is 5. The number of hydroxylamine groups is 2. The maximum absolute atomic E-state index is 11.5. The molecule has 0 aliphatic carbocycles. The Bertz CT molecular complexity index is 527. The molecule has 0 unspecified atom stereocenters. The van der Waals surface area contributed by atoms with Gasteiger partial charge in [0.25, 0.3) is 11.8 Å². The van der Waals surface area contributed by atoms with Crippen molar-refractivity contribution >= 4 is 23.8 Å². The number of esters is 2. The molecule has 0 spiro atoms. The van der Waals surface area contributed by atoms with Gasteiger partial charge in [0, 0.05) is 26.7 Å². The van der Waals surface area contributed by atoms with E-state index in [1.54, 1.807) is 0 Å². The van der Waals surface area contributed by atoms with Crippen LogP contribution in [0, 0.1) is 0 Å². The highest BCUT2D eigenvalue weighted by atomic mass is 16.8. The van der Waals surface area contributed by atoms with E-state index in [0.29, 0.717) is 5.06 Å². The van der Waals surface area contributed by atoms with Crippen LogP contribution >= 0.6 is 0 Å². The minimum Gasteiger partial charge on any atom is -0.463 e. The fraction of sp³-hybridized carbons (Fsp3) is 0.571. The van der Waals surface area contributed by atoms with E-state index in [9.17, 15) is 19.2 Å². The average molecular weight is 327 g/mol. The molecule has 0 aromatic heterocycles. The molecular formula is C14H17NO8. The highest BCUT2D eigenvalue weighted by Gasteiger charge is 2.36. The van der Waals surface area contributed by atoms with E-state index >= 15 is 0 Å². The topological polar surface area (TPSA) is 108 Å². The molecule has 0 radical (unpaired) electrons. The lowest BCUT2D eigenvalue weighted by Crippen LogP contribution is -2.44. The maximum Gasteiger partial charge on any atom is 0.303 e. The predicted octanol–water partition coefficient (Wildman–Crippen LogP) is -0.157. The highest BCUT2D eigenvalue weighted by Crippen LogP contribution is 2.21. The molecular weight excluding hydrogens is 310 g/mol. The summed E-state index contributed by atoms with van der Waals surface area (Å²) in [7, 11) is 0. The Kier molecular flexibility index (Phi) is 5.45. The van der Waals surface area contributed by atoms with Gasteiger partial charge in [0.2, 0.25) is 6.29 Å². The van der Waals surface area contributed by atoms with Gasteiger partial charge in [0.05, 0.1) is 0 Å². The van der Waals surface area contributed by atoms with Gasteiger partial charge in [-0.1, -0.05) is 0 Å². The first-order valence-corrected chi connectivity index (χ1v) is 7.03. The van der Waals surface area contributed by atoms with Crippen LogP contribution < -0.4 is 0 Å². The third-order valence-corrected chi connectivity index (χ3v) is 3.10. The molecule has 1 fully saturated rings. The van der Waals surface area contributed by atoms with Gasteiger partial charge in [0.15, 0.2) is 0 Å². The van der Waals surface area contributed by atoms with Gasteiger partial charge in [-0.05, 0) is 12.2 Å². The van der Waals surface area contributed by atoms with Crippen LogP contribution in [-0.2, 0) is 38.2 Å². The SMILES string of the molecule is CC(=O)OC[C@H]1O[C@H](ON2C(=O)CCC2=O)C=C[C@@H]1OC(C)=O. The van der Waals surface area contributed by atoms with Crippen molar-refractivity contribution in [2.24, 2.45) is 0 Å². The third kappa shape index (κ3) is 4.60. The second-order valence-electron chi connectivity index (χ2n) is 4.99. The zero-order valence-corrected chi connectivity index (χ0v) is 12.7. The van der Waals surface area contributed by atoms with Gasteiger partial charge >= 0.3 is 11.9 Å². The van der Waals surface area contributed by atoms with Crippen molar-refractivity contribution < 1.29 is 38.2 Å². The van der Waals surface area contributed by atoms with E-state index in [0.717, 1.165) is 0 Å². The van der Waals surface area contributed by atoms with Gasteiger partial charge in [-0.15, -0.1) is 0 Å². The molecule has 2 aliphatic heterocycles. The second kappa shape index (κ2) is 7.34. The van der Waals surface area contributed by atoms with E-state index in [2.05, 4.69) is 0 Å². The minimum absolute atomic E-state index is 0.0855. The summed E-state index contributed by atoms with van der Waals surface area (Å²) in [6.45, 7) is 2.30. The first-order valence-electron chi connectivity index (χ1n) is 7.03. The number of amides is 2. The number of carbonyl (C=O) groups is 4. The van der Waals surface area contributed by atoms with Crippen LogP contribution in [0.5, 0.6) is 0 Å². The Labute approximate surface area is 132 Å². The largest absolute Gasteiger partial charge is 0.463 e. The predicted molar refractivity (Wildman–Crippen MR) is 72.2 cm³/mol. The molecule has 0 saturated carbocycles. The Morgan fingerprint density at radius 1 is 1.17 bits per heavy atom. The zero-order chi connectivity index (χ0) is 17.0. The molecule has 2 rings (SSSR count). The van der Waals surface area contributed by atoms with E-state index in [4.69, 9.17) is 19.0 Å². The number of imide groups is 1. The van der Waals surface area contributed by atoms with Crippen LogP contribution in [0.4, 0.5) is 0 Å². The van der Waals surface area contributed by atoms with Crippen molar-refractivity contribution in [3.63, 3.8) is 0 Å². The van der Waals surface area contributed by atoms with Crippen molar-refractivity contribution in [2.75, 3.05) is 6.61 Å². The molecule has 9 nitrogen and oxygen atoms in total. The fourth-order valence-electron chi connectivity index (χ4n) is 2.10. The molecule has 2 amide bonds. The molecule has 126 valence electrons. The zero-order valence-electron chi connectivity index (χ0n) is 12.7. The summed E-state index contributed by atoms with van der Waals surface area (Å²) >= 11 is 0. The van der Waals surface area contributed by atoms with Gasteiger partial charge < -0.3 is 14.2 Å². The van der Waals surface area contributed by atoms with Crippen LogP contribution in [0.2, 0.25) is 0 Å². The first-order chi connectivity index (χ1) is 10.9. The quantitative estimate of drug-likeness (QED) is 0.389. The van der Waals surface area contributed by atoms with Gasteiger partial charge in [-0.3, -0.25) is 19.2 Å². The fourth-order valence-corrected chi connectivity index (χ4v) is 2.10. The summed E-state index contributed by atoms with van der Waals surface area (Å²) < 4.78 is 15.4. The van der Waals surface area contributed by atoms with E-state index in [-0.39, 0.29) is 19.4 Å². The van der Waals surface area contributed by atoms with Gasteiger partial charge in [-0.2, -0.15) is 5.06 Å². The third-order valence-electron chi connectivity index (χ3n) is 3.10. The number of carbonyl (C=O) groups excluding carboxylic acids is 4. The summed E-state index contributed by atoms with van der Waals surface area (Å²) in [6, 6.07) is 0. The summed E-state index contributed by atoms with van der Waals surface area (Å²) in [6.07, 6.45) is 0.464. The Balaban J connectivity index is 2.02. The standard InChI is InChI=1S/C14H17NO8/c1-8(16)20-7-11-10(21-9(2)17)3-6-14(22-11)23-15-12(18)4-5-13(15)19/h3,6,10-11,14H,4-5,7H2,1-2H3/t10-,11+,14+/m0/s1. The normalized spacial score (nSPS) is 27.2. The van der Waals surface area contributed by atoms with Crippen molar-refractivity contribution in [2.45, 2.75) is 45.2 Å². The monoisotopic (exact) mass is 327 g/mol. The molecule has 0 aromatic rings. The molecule has 23 heavy (non-hydrogen) atoms. The second-order valence-corrected chi connectivity index (χ2v) is 4.99. The lowest BCUT2D eigenvalue weighted by molar-refractivity contribution is -0.266.